The molecule has 0 bridgehead atoms. The standard InChI is InChI=1S/C12H13N3O/c1-7-5-9-8(10(13)6-7)3-4-15-11(9)12(16)14-2/h3-6H,13H2,1-2H3,(H,14,16). The van der Waals surface area contributed by atoms with Gasteiger partial charge in [-0.3, -0.25) is 9.78 Å². The molecule has 1 heterocycles. The first-order valence-corrected chi connectivity index (χ1v) is 5.00. The number of rotatable bonds is 1. The van der Waals surface area contributed by atoms with E-state index in [1.807, 2.05) is 25.1 Å². The van der Waals surface area contributed by atoms with Crippen LogP contribution >= 0.6 is 0 Å². The Kier molecular flexibility index (Phi) is 2.48. The molecule has 4 heteroatoms. The third-order valence-electron chi connectivity index (χ3n) is 2.50. The van der Waals surface area contributed by atoms with Gasteiger partial charge in [0.25, 0.3) is 5.91 Å². The molecule has 1 aromatic heterocycles. The maximum atomic E-state index is 11.6. The van der Waals surface area contributed by atoms with Crippen molar-refractivity contribution in [2.24, 2.45) is 0 Å². The van der Waals surface area contributed by atoms with Crippen molar-refractivity contribution in [3.63, 3.8) is 0 Å². The van der Waals surface area contributed by atoms with E-state index in [9.17, 15) is 4.79 Å². The number of aryl methyl sites for hydroxylation is 1. The predicted octanol–water partition coefficient (Wildman–Crippen LogP) is 1.49. The number of benzene rings is 1. The molecule has 0 saturated heterocycles. The molecule has 1 aromatic carbocycles. The molecule has 82 valence electrons. The molecule has 0 radical (unpaired) electrons. The Hall–Kier alpha value is -2.10. The van der Waals surface area contributed by atoms with Gasteiger partial charge in [0.15, 0.2) is 0 Å². The van der Waals surface area contributed by atoms with E-state index < -0.39 is 0 Å². The lowest BCUT2D eigenvalue weighted by Crippen LogP contribution is -2.19. The quantitative estimate of drug-likeness (QED) is 0.708. The van der Waals surface area contributed by atoms with Gasteiger partial charge in [0.05, 0.1) is 0 Å². The van der Waals surface area contributed by atoms with Crippen molar-refractivity contribution < 1.29 is 4.79 Å². The molecular weight excluding hydrogens is 202 g/mol. The minimum atomic E-state index is -0.199. The second-order valence-corrected chi connectivity index (χ2v) is 3.69. The molecule has 0 aliphatic carbocycles. The van der Waals surface area contributed by atoms with Crippen molar-refractivity contribution in [1.29, 1.82) is 0 Å². The summed E-state index contributed by atoms with van der Waals surface area (Å²) in [6, 6.07) is 5.62. The first-order chi connectivity index (χ1) is 7.63. The zero-order chi connectivity index (χ0) is 11.7. The Morgan fingerprint density at radius 3 is 2.81 bits per heavy atom. The zero-order valence-electron chi connectivity index (χ0n) is 9.24. The first kappa shape index (κ1) is 10.4. The second kappa shape index (κ2) is 3.81. The van der Waals surface area contributed by atoms with E-state index in [2.05, 4.69) is 10.3 Å². The van der Waals surface area contributed by atoms with Crippen LogP contribution < -0.4 is 11.1 Å². The molecule has 2 aromatic rings. The van der Waals surface area contributed by atoms with Gasteiger partial charge in [-0.1, -0.05) is 0 Å². The Labute approximate surface area is 93.5 Å². The molecule has 0 unspecified atom stereocenters. The van der Waals surface area contributed by atoms with Crippen LogP contribution in [0.5, 0.6) is 0 Å². The largest absolute Gasteiger partial charge is 0.398 e. The van der Waals surface area contributed by atoms with Gasteiger partial charge in [-0.25, -0.2) is 0 Å². The van der Waals surface area contributed by atoms with Crippen LogP contribution in [-0.4, -0.2) is 17.9 Å². The van der Waals surface area contributed by atoms with E-state index in [-0.39, 0.29) is 5.91 Å². The highest BCUT2D eigenvalue weighted by Crippen LogP contribution is 2.24. The van der Waals surface area contributed by atoms with E-state index in [0.29, 0.717) is 11.4 Å². The number of nitrogens with two attached hydrogens (primary N) is 1. The van der Waals surface area contributed by atoms with Crippen LogP contribution in [0.25, 0.3) is 10.8 Å². The Morgan fingerprint density at radius 1 is 1.38 bits per heavy atom. The van der Waals surface area contributed by atoms with Crippen molar-refractivity contribution >= 4 is 22.4 Å². The Morgan fingerprint density at radius 2 is 2.12 bits per heavy atom. The van der Waals surface area contributed by atoms with Crippen molar-refractivity contribution in [3.05, 3.63) is 35.7 Å². The number of amides is 1. The summed E-state index contributed by atoms with van der Waals surface area (Å²) in [6.07, 6.45) is 1.60. The van der Waals surface area contributed by atoms with Gasteiger partial charge in [0.1, 0.15) is 5.69 Å². The number of carbonyl (C=O) groups excluding carboxylic acids is 1. The summed E-state index contributed by atoms with van der Waals surface area (Å²) in [4.78, 5) is 15.7. The SMILES string of the molecule is CNC(=O)c1nccc2c(N)cc(C)cc12. The molecular formula is C12H13N3O. The number of pyridine rings is 1. The molecule has 4 nitrogen and oxygen atoms in total. The van der Waals surface area contributed by atoms with Crippen molar-refractivity contribution in [2.45, 2.75) is 6.92 Å². The van der Waals surface area contributed by atoms with Crippen LogP contribution in [0.3, 0.4) is 0 Å². The number of nitrogens with one attached hydrogen (secondary N) is 1. The summed E-state index contributed by atoms with van der Waals surface area (Å²) < 4.78 is 0. The summed E-state index contributed by atoms with van der Waals surface area (Å²) in [6.45, 7) is 1.94. The minimum Gasteiger partial charge on any atom is -0.398 e. The number of hydrogen-bond acceptors (Lipinski definition) is 3. The van der Waals surface area contributed by atoms with Crippen LogP contribution in [0.1, 0.15) is 16.1 Å². The third kappa shape index (κ3) is 1.58. The van der Waals surface area contributed by atoms with E-state index in [1.54, 1.807) is 13.2 Å². The fourth-order valence-electron chi connectivity index (χ4n) is 1.76. The fourth-order valence-corrected chi connectivity index (χ4v) is 1.76. The molecule has 0 spiro atoms. The molecule has 0 aliphatic rings. The molecule has 0 atom stereocenters. The normalized spacial score (nSPS) is 10.4. The van der Waals surface area contributed by atoms with Crippen LogP contribution in [0, 0.1) is 6.92 Å². The lowest BCUT2D eigenvalue weighted by Gasteiger charge is -2.07. The number of nitrogens with zero attached hydrogens (tertiary/aromatic N) is 1. The van der Waals surface area contributed by atoms with Gasteiger partial charge >= 0.3 is 0 Å². The molecule has 0 aliphatic heterocycles. The van der Waals surface area contributed by atoms with E-state index in [0.717, 1.165) is 16.3 Å². The van der Waals surface area contributed by atoms with Gasteiger partial charge in [0.2, 0.25) is 0 Å². The maximum absolute atomic E-state index is 11.6. The molecule has 1 amide bonds. The predicted molar refractivity (Wildman–Crippen MR) is 64.3 cm³/mol. The highest BCUT2D eigenvalue weighted by Gasteiger charge is 2.11. The number of hydrogen-bond donors (Lipinski definition) is 2. The summed E-state index contributed by atoms with van der Waals surface area (Å²) in [5.41, 5.74) is 8.01. The van der Waals surface area contributed by atoms with Crippen molar-refractivity contribution in [1.82, 2.24) is 10.3 Å². The van der Waals surface area contributed by atoms with Gasteiger partial charge < -0.3 is 11.1 Å². The van der Waals surface area contributed by atoms with Crippen molar-refractivity contribution in [2.75, 3.05) is 12.8 Å². The molecule has 16 heavy (non-hydrogen) atoms. The van der Waals surface area contributed by atoms with Gasteiger partial charge in [0, 0.05) is 29.7 Å². The fraction of sp³-hybridized carbons (Fsp3) is 0.167. The summed E-state index contributed by atoms with van der Waals surface area (Å²) in [5, 5.41) is 4.22. The minimum absolute atomic E-state index is 0.199. The Balaban J connectivity index is 2.81. The highest BCUT2D eigenvalue weighted by molar-refractivity contribution is 6.08. The van der Waals surface area contributed by atoms with Crippen molar-refractivity contribution in [3.8, 4) is 0 Å². The van der Waals surface area contributed by atoms with Crippen LogP contribution in [0.2, 0.25) is 0 Å². The second-order valence-electron chi connectivity index (χ2n) is 3.69. The van der Waals surface area contributed by atoms with Crippen LogP contribution in [0.15, 0.2) is 24.4 Å². The van der Waals surface area contributed by atoms with E-state index in [1.165, 1.54) is 0 Å². The van der Waals surface area contributed by atoms with E-state index >= 15 is 0 Å². The number of carbonyl (C=O) groups is 1. The maximum Gasteiger partial charge on any atom is 0.270 e. The molecule has 0 fully saturated rings. The van der Waals surface area contributed by atoms with Gasteiger partial charge in [-0.05, 0) is 30.7 Å². The van der Waals surface area contributed by atoms with Gasteiger partial charge in [-0.2, -0.15) is 0 Å². The number of fused-ring (bicyclic) bond motifs is 1. The molecule has 3 N–H and O–H groups in total. The average Bonchev–Trinajstić information content (AvgIpc) is 2.27. The van der Waals surface area contributed by atoms with Gasteiger partial charge in [-0.15, -0.1) is 0 Å². The summed E-state index contributed by atoms with van der Waals surface area (Å²) in [7, 11) is 1.59. The lowest BCUT2D eigenvalue weighted by atomic mass is 10.0. The van der Waals surface area contributed by atoms with Crippen LogP contribution in [-0.2, 0) is 0 Å². The smallest absolute Gasteiger partial charge is 0.270 e. The first-order valence-electron chi connectivity index (χ1n) is 5.00. The topological polar surface area (TPSA) is 68.0 Å². The number of nitrogen functional groups attached to an aromatic ring is 1. The average molecular weight is 215 g/mol. The lowest BCUT2D eigenvalue weighted by molar-refractivity contribution is 0.0960. The summed E-state index contributed by atoms with van der Waals surface area (Å²) >= 11 is 0. The van der Waals surface area contributed by atoms with E-state index in [4.69, 9.17) is 5.73 Å². The highest BCUT2D eigenvalue weighted by atomic mass is 16.1. The Bertz CT molecular complexity index is 563. The number of anilines is 1. The number of aromatic nitrogens is 1. The van der Waals surface area contributed by atoms with Crippen LogP contribution in [0.4, 0.5) is 5.69 Å². The molecule has 0 saturated carbocycles. The summed E-state index contributed by atoms with van der Waals surface area (Å²) in [5.74, 6) is -0.199. The zero-order valence-corrected chi connectivity index (χ0v) is 9.24. The monoisotopic (exact) mass is 215 g/mol. The third-order valence-corrected chi connectivity index (χ3v) is 2.50. The molecule has 2 rings (SSSR count).